The molecule has 3 rings (SSSR count). The van der Waals surface area contributed by atoms with E-state index in [1.165, 1.54) is 7.11 Å². The molecule has 1 amide bonds. The fourth-order valence-electron chi connectivity index (χ4n) is 2.75. The summed E-state index contributed by atoms with van der Waals surface area (Å²) in [5.41, 5.74) is 1.28. The van der Waals surface area contributed by atoms with Crippen LogP contribution in [-0.4, -0.2) is 42.0 Å². The van der Waals surface area contributed by atoms with Crippen molar-refractivity contribution in [3.63, 3.8) is 0 Å². The Morgan fingerprint density at radius 1 is 1.29 bits per heavy atom. The molecule has 1 unspecified atom stereocenters. The van der Waals surface area contributed by atoms with Crippen molar-refractivity contribution >= 4 is 22.8 Å². The Kier molecular flexibility index (Phi) is 3.56. The van der Waals surface area contributed by atoms with E-state index in [-0.39, 0.29) is 17.8 Å². The molecule has 1 atom stereocenters. The van der Waals surface area contributed by atoms with Crippen LogP contribution in [0.2, 0.25) is 0 Å². The smallest absolute Gasteiger partial charge is 0.310 e. The van der Waals surface area contributed by atoms with E-state index in [9.17, 15) is 9.59 Å². The number of rotatable bonds is 2. The van der Waals surface area contributed by atoms with Crippen LogP contribution in [0, 0.1) is 5.92 Å². The van der Waals surface area contributed by atoms with E-state index in [4.69, 9.17) is 4.74 Å². The van der Waals surface area contributed by atoms with Gasteiger partial charge in [-0.3, -0.25) is 14.6 Å². The lowest BCUT2D eigenvalue weighted by molar-refractivity contribution is -0.144. The minimum atomic E-state index is -0.249. The topological polar surface area (TPSA) is 59.5 Å². The number of esters is 1. The number of hydrogen-bond donors (Lipinski definition) is 0. The van der Waals surface area contributed by atoms with Gasteiger partial charge in [0, 0.05) is 24.7 Å². The van der Waals surface area contributed by atoms with Crippen molar-refractivity contribution in [2.75, 3.05) is 20.2 Å². The molecule has 5 nitrogen and oxygen atoms in total. The maximum atomic E-state index is 12.7. The molecule has 5 heteroatoms. The summed E-state index contributed by atoms with van der Waals surface area (Å²) < 4.78 is 4.75. The lowest BCUT2D eigenvalue weighted by Gasteiger charge is -2.17. The fraction of sp³-hybridized carbons (Fsp3) is 0.312. The van der Waals surface area contributed by atoms with Crippen LogP contribution >= 0.6 is 0 Å². The Bertz CT molecular complexity index is 693. The monoisotopic (exact) mass is 284 g/mol. The summed E-state index contributed by atoms with van der Waals surface area (Å²) >= 11 is 0. The van der Waals surface area contributed by atoms with E-state index < -0.39 is 0 Å². The zero-order chi connectivity index (χ0) is 14.8. The van der Waals surface area contributed by atoms with E-state index in [0.717, 1.165) is 5.39 Å². The van der Waals surface area contributed by atoms with Gasteiger partial charge in [0.1, 0.15) is 0 Å². The van der Waals surface area contributed by atoms with Crippen molar-refractivity contribution in [2.45, 2.75) is 6.42 Å². The largest absolute Gasteiger partial charge is 0.469 e. The summed E-state index contributed by atoms with van der Waals surface area (Å²) in [5, 5.41) is 0.937. The standard InChI is InChI=1S/C16H16N2O3/c1-21-16(20)12-7-9-18(10-12)15(19)13-6-2-4-11-5-3-8-17-14(11)13/h2-6,8,12H,7,9-10H2,1H3. The summed E-state index contributed by atoms with van der Waals surface area (Å²) in [6.45, 7) is 0.983. The highest BCUT2D eigenvalue weighted by Gasteiger charge is 2.32. The Balaban J connectivity index is 1.87. The molecule has 21 heavy (non-hydrogen) atoms. The van der Waals surface area contributed by atoms with E-state index >= 15 is 0 Å². The molecule has 1 aliphatic rings. The number of ether oxygens (including phenoxy) is 1. The highest BCUT2D eigenvalue weighted by atomic mass is 16.5. The zero-order valence-corrected chi connectivity index (χ0v) is 11.8. The Morgan fingerprint density at radius 2 is 2.10 bits per heavy atom. The predicted molar refractivity (Wildman–Crippen MR) is 77.8 cm³/mol. The van der Waals surface area contributed by atoms with Crippen LogP contribution in [0.3, 0.4) is 0 Å². The average Bonchev–Trinajstić information content (AvgIpc) is 3.03. The highest BCUT2D eigenvalue weighted by molar-refractivity contribution is 6.05. The van der Waals surface area contributed by atoms with Crippen LogP contribution in [0.5, 0.6) is 0 Å². The van der Waals surface area contributed by atoms with E-state index in [2.05, 4.69) is 4.98 Å². The van der Waals surface area contributed by atoms with Gasteiger partial charge in [-0.05, 0) is 18.6 Å². The number of methoxy groups -OCH3 is 1. The van der Waals surface area contributed by atoms with Gasteiger partial charge in [-0.15, -0.1) is 0 Å². The number of carbonyl (C=O) groups excluding carboxylic acids is 2. The molecular weight excluding hydrogens is 268 g/mol. The lowest BCUT2D eigenvalue weighted by Crippen LogP contribution is -2.30. The number of amides is 1. The van der Waals surface area contributed by atoms with Gasteiger partial charge in [0.05, 0.1) is 24.1 Å². The van der Waals surface area contributed by atoms with Gasteiger partial charge in [0.25, 0.3) is 5.91 Å². The minimum Gasteiger partial charge on any atom is -0.469 e. The maximum Gasteiger partial charge on any atom is 0.310 e. The molecule has 0 radical (unpaired) electrons. The molecular formula is C16H16N2O3. The molecule has 0 N–H and O–H groups in total. The first-order valence-electron chi connectivity index (χ1n) is 6.91. The van der Waals surface area contributed by atoms with Crippen LogP contribution in [0.25, 0.3) is 10.9 Å². The third-order valence-corrected chi connectivity index (χ3v) is 3.87. The molecule has 2 heterocycles. The summed E-state index contributed by atoms with van der Waals surface area (Å²) in [7, 11) is 1.38. The van der Waals surface area contributed by atoms with E-state index in [1.54, 1.807) is 17.2 Å². The summed E-state index contributed by atoms with van der Waals surface area (Å²) in [6.07, 6.45) is 2.33. The number of benzene rings is 1. The molecule has 1 aromatic carbocycles. The molecule has 0 spiro atoms. The van der Waals surface area contributed by atoms with Crippen molar-refractivity contribution in [1.29, 1.82) is 0 Å². The van der Waals surface area contributed by atoms with Gasteiger partial charge < -0.3 is 9.64 Å². The van der Waals surface area contributed by atoms with Gasteiger partial charge in [-0.1, -0.05) is 18.2 Å². The Morgan fingerprint density at radius 3 is 2.90 bits per heavy atom. The molecule has 1 aromatic heterocycles. The van der Waals surface area contributed by atoms with Crippen LogP contribution in [-0.2, 0) is 9.53 Å². The number of aromatic nitrogens is 1. The van der Waals surface area contributed by atoms with Gasteiger partial charge in [0.2, 0.25) is 0 Å². The molecule has 2 aromatic rings. The van der Waals surface area contributed by atoms with Crippen LogP contribution in [0.1, 0.15) is 16.8 Å². The summed E-state index contributed by atoms with van der Waals surface area (Å²) in [4.78, 5) is 30.2. The first kappa shape index (κ1) is 13.5. The minimum absolute atomic E-state index is 0.0781. The normalized spacial score (nSPS) is 18.0. The van der Waals surface area contributed by atoms with Crippen molar-refractivity contribution in [3.8, 4) is 0 Å². The second kappa shape index (κ2) is 5.52. The van der Waals surface area contributed by atoms with E-state index in [0.29, 0.717) is 30.6 Å². The lowest BCUT2D eigenvalue weighted by atomic mass is 10.1. The van der Waals surface area contributed by atoms with Gasteiger partial charge >= 0.3 is 5.97 Å². The maximum absolute atomic E-state index is 12.7. The molecule has 0 saturated carbocycles. The van der Waals surface area contributed by atoms with Crippen LogP contribution < -0.4 is 0 Å². The number of fused-ring (bicyclic) bond motifs is 1. The van der Waals surface area contributed by atoms with E-state index in [1.807, 2.05) is 24.3 Å². The average molecular weight is 284 g/mol. The third kappa shape index (κ3) is 2.46. The summed E-state index contributed by atoms with van der Waals surface area (Å²) in [5.74, 6) is -0.547. The number of carbonyl (C=O) groups is 2. The first-order chi connectivity index (χ1) is 10.2. The highest BCUT2D eigenvalue weighted by Crippen LogP contribution is 2.23. The SMILES string of the molecule is COC(=O)C1CCN(C(=O)c2cccc3cccnc23)C1. The van der Waals surface area contributed by atoms with Gasteiger partial charge in [-0.25, -0.2) is 0 Å². The quantitative estimate of drug-likeness (QED) is 0.790. The molecule has 1 saturated heterocycles. The number of likely N-dealkylation sites (tertiary alicyclic amines) is 1. The predicted octanol–water partition coefficient (Wildman–Crippen LogP) is 1.87. The van der Waals surface area contributed by atoms with Gasteiger partial charge in [-0.2, -0.15) is 0 Å². The number of pyridine rings is 1. The first-order valence-corrected chi connectivity index (χ1v) is 6.91. The number of hydrogen-bond acceptors (Lipinski definition) is 4. The third-order valence-electron chi connectivity index (χ3n) is 3.87. The number of nitrogens with zero attached hydrogens (tertiary/aromatic N) is 2. The van der Waals surface area contributed by atoms with Gasteiger partial charge in [0.15, 0.2) is 0 Å². The van der Waals surface area contributed by atoms with Crippen molar-refractivity contribution < 1.29 is 14.3 Å². The van der Waals surface area contributed by atoms with Crippen molar-refractivity contribution in [3.05, 3.63) is 42.1 Å². The van der Waals surface area contributed by atoms with Crippen LogP contribution in [0.4, 0.5) is 0 Å². The molecule has 108 valence electrons. The molecule has 1 aliphatic heterocycles. The Labute approximate surface area is 122 Å². The second-order valence-corrected chi connectivity index (χ2v) is 5.14. The molecule has 1 fully saturated rings. The molecule has 0 bridgehead atoms. The fourth-order valence-corrected chi connectivity index (χ4v) is 2.75. The molecule has 0 aliphatic carbocycles. The van der Waals surface area contributed by atoms with Crippen molar-refractivity contribution in [2.24, 2.45) is 5.92 Å². The zero-order valence-electron chi connectivity index (χ0n) is 11.8. The Hall–Kier alpha value is -2.43. The summed E-state index contributed by atoms with van der Waals surface area (Å²) in [6, 6.07) is 9.34. The second-order valence-electron chi connectivity index (χ2n) is 5.14. The number of para-hydroxylation sites is 1. The van der Waals surface area contributed by atoms with Crippen LogP contribution in [0.15, 0.2) is 36.5 Å². The van der Waals surface area contributed by atoms with Crippen molar-refractivity contribution in [1.82, 2.24) is 9.88 Å².